The van der Waals surface area contributed by atoms with Gasteiger partial charge >= 0.3 is 5.97 Å². The van der Waals surface area contributed by atoms with E-state index in [0.717, 1.165) is 81.7 Å². The Hall–Kier alpha value is -3.64. The number of amides is 1. The first kappa shape index (κ1) is 28.9. The van der Waals surface area contributed by atoms with Crippen LogP contribution < -0.4 is 4.74 Å². The lowest BCUT2D eigenvalue weighted by molar-refractivity contribution is -0.158. The Morgan fingerprint density at radius 3 is 1.98 bits per heavy atom. The molecule has 2 saturated heterocycles. The van der Waals surface area contributed by atoms with Gasteiger partial charge in [0.05, 0.1) is 0 Å². The Balaban J connectivity index is 1.33. The van der Waals surface area contributed by atoms with E-state index in [0.29, 0.717) is 5.92 Å². The van der Waals surface area contributed by atoms with Gasteiger partial charge in [-0.25, -0.2) is 0 Å². The molecule has 1 amide bonds. The number of piperidine rings is 1. The van der Waals surface area contributed by atoms with Gasteiger partial charge in [-0.3, -0.25) is 9.59 Å². The molecule has 6 nitrogen and oxygen atoms in total. The topological polar surface area (TPSA) is 59.1 Å². The van der Waals surface area contributed by atoms with Gasteiger partial charge in [0.1, 0.15) is 11.2 Å². The lowest BCUT2D eigenvalue weighted by atomic mass is 9.70. The zero-order valence-electron chi connectivity index (χ0n) is 24.3. The molecule has 216 valence electrons. The Labute approximate surface area is 244 Å². The van der Waals surface area contributed by atoms with E-state index >= 15 is 0 Å². The number of benzene rings is 3. The first-order valence-corrected chi connectivity index (χ1v) is 15.0. The van der Waals surface area contributed by atoms with Crippen molar-refractivity contribution in [2.45, 2.75) is 63.6 Å². The molecule has 3 aromatic carbocycles. The second kappa shape index (κ2) is 13.3. The largest absolute Gasteiger partial charge is 0.455 e. The van der Waals surface area contributed by atoms with E-state index in [-0.39, 0.29) is 11.9 Å². The van der Waals surface area contributed by atoms with Crippen molar-refractivity contribution in [1.29, 1.82) is 0 Å². The van der Waals surface area contributed by atoms with Crippen LogP contribution in [0.3, 0.4) is 0 Å². The van der Waals surface area contributed by atoms with Gasteiger partial charge in [-0.05, 0) is 80.4 Å². The minimum absolute atomic E-state index is 0.232. The predicted octanol–water partition coefficient (Wildman–Crippen LogP) is 6.15. The first-order chi connectivity index (χ1) is 20.0. The molecular formula is C35H42N2O4. The highest BCUT2D eigenvalue weighted by atomic mass is 16.7. The maximum absolute atomic E-state index is 14.4. The predicted molar refractivity (Wildman–Crippen MR) is 161 cm³/mol. The minimum Gasteiger partial charge on any atom is -0.455 e. The van der Waals surface area contributed by atoms with Crippen molar-refractivity contribution in [1.82, 2.24) is 9.80 Å². The average Bonchev–Trinajstić information content (AvgIpc) is 3.54. The second-order valence-corrected chi connectivity index (χ2v) is 11.3. The van der Waals surface area contributed by atoms with E-state index < -0.39 is 11.7 Å². The molecule has 0 saturated carbocycles. The number of hydrogen-bond donors (Lipinski definition) is 0. The highest BCUT2D eigenvalue weighted by Gasteiger charge is 2.45. The summed E-state index contributed by atoms with van der Waals surface area (Å²) in [5.41, 5.74) is 2.60. The van der Waals surface area contributed by atoms with Crippen molar-refractivity contribution >= 4 is 11.9 Å². The molecule has 2 aliphatic rings. The number of esters is 1. The Bertz CT molecular complexity index is 1240. The van der Waals surface area contributed by atoms with Crippen molar-refractivity contribution < 1.29 is 19.1 Å². The van der Waals surface area contributed by atoms with E-state index in [1.807, 2.05) is 30.3 Å². The highest BCUT2D eigenvalue weighted by molar-refractivity contribution is 5.92. The number of carbonyl (C=O) groups excluding carboxylic acids is 2. The summed E-state index contributed by atoms with van der Waals surface area (Å²) >= 11 is 0. The van der Waals surface area contributed by atoms with Crippen LogP contribution in [0.2, 0.25) is 0 Å². The van der Waals surface area contributed by atoms with Crippen LogP contribution in [0.1, 0.15) is 68.6 Å². The molecule has 5 rings (SSSR count). The summed E-state index contributed by atoms with van der Waals surface area (Å²) in [7, 11) is 0. The van der Waals surface area contributed by atoms with Crippen LogP contribution in [-0.4, -0.2) is 60.7 Å². The van der Waals surface area contributed by atoms with Crippen LogP contribution in [0.5, 0.6) is 5.75 Å². The molecule has 1 unspecified atom stereocenters. The van der Waals surface area contributed by atoms with Crippen LogP contribution in [0.15, 0.2) is 84.9 Å². The van der Waals surface area contributed by atoms with Crippen LogP contribution in [0.25, 0.3) is 0 Å². The molecule has 0 N–H and O–H groups in total. The maximum Gasteiger partial charge on any atom is 0.305 e. The summed E-state index contributed by atoms with van der Waals surface area (Å²) in [6.45, 7) is 7.57. The number of nitrogens with zero attached hydrogens (tertiary/aromatic N) is 2. The second-order valence-electron chi connectivity index (χ2n) is 11.3. The summed E-state index contributed by atoms with van der Waals surface area (Å²) < 4.78 is 11.2. The Morgan fingerprint density at radius 2 is 1.39 bits per heavy atom. The summed E-state index contributed by atoms with van der Waals surface area (Å²) in [6, 6.07) is 28.9. The standard InChI is InChI=1S/C35H42N2O4/c1-27(38)40-28(2)41-33-18-10-9-17-32(33)29-19-24-36(25-20-29)26-21-35(30-13-5-3-6-14-30,31-15-7-4-8-16-31)34(39)37-22-11-12-23-37/h3-10,13-18,28-29H,11-12,19-26H2,1-2H3. The lowest BCUT2D eigenvalue weighted by Crippen LogP contribution is -2.49. The van der Waals surface area contributed by atoms with E-state index in [4.69, 9.17) is 9.47 Å². The summed E-state index contributed by atoms with van der Waals surface area (Å²) in [4.78, 5) is 30.4. The summed E-state index contributed by atoms with van der Waals surface area (Å²) in [5.74, 6) is 1.03. The normalized spacial score (nSPS) is 17.3. The number of carbonyl (C=O) groups is 2. The molecule has 0 aromatic heterocycles. The lowest BCUT2D eigenvalue weighted by Gasteiger charge is -2.40. The van der Waals surface area contributed by atoms with Crippen molar-refractivity contribution in [3.05, 3.63) is 102 Å². The maximum atomic E-state index is 14.4. The van der Waals surface area contributed by atoms with Gasteiger partial charge < -0.3 is 19.3 Å². The number of ether oxygens (including phenoxy) is 2. The molecule has 2 aliphatic heterocycles. The van der Waals surface area contributed by atoms with Gasteiger partial charge in [0.2, 0.25) is 12.2 Å². The molecule has 3 aromatic rings. The van der Waals surface area contributed by atoms with Gasteiger partial charge in [-0.15, -0.1) is 0 Å². The van der Waals surface area contributed by atoms with Gasteiger partial charge in [-0.1, -0.05) is 78.9 Å². The van der Waals surface area contributed by atoms with Gasteiger partial charge in [0.15, 0.2) is 0 Å². The molecule has 2 fully saturated rings. The number of rotatable bonds is 10. The Morgan fingerprint density at radius 1 is 0.829 bits per heavy atom. The third-order valence-corrected chi connectivity index (χ3v) is 8.67. The monoisotopic (exact) mass is 554 g/mol. The fraction of sp³-hybridized carbons (Fsp3) is 0.429. The van der Waals surface area contributed by atoms with Crippen LogP contribution in [0.4, 0.5) is 0 Å². The summed E-state index contributed by atoms with van der Waals surface area (Å²) in [5, 5.41) is 0. The molecule has 0 bridgehead atoms. The molecular weight excluding hydrogens is 512 g/mol. The highest BCUT2D eigenvalue weighted by Crippen LogP contribution is 2.40. The SMILES string of the molecule is CC(=O)OC(C)Oc1ccccc1C1CCN(CCC(C(=O)N2CCCC2)(c2ccccc2)c2ccccc2)CC1. The quantitative estimate of drug-likeness (QED) is 0.222. The first-order valence-electron chi connectivity index (χ1n) is 15.0. The third kappa shape index (κ3) is 6.65. The zero-order valence-corrected chi connectivity index (χ0v) is 24.3. The molecule has 0 spiro atoms. The van der Waals surface area contributed by atoms with Crippen molar-refractivity contribution in [3.8, 4) is 5.75 Å². The van der Waals surface area contributed by atoms with Crippen LogP contribution in [-0.2, 0) is 19.7 Å². The number of likely N-dealkylation sites (tertiary alicyclic amines) is 2. The molecule has 41 heavy (non-hydrogen) atoms. The Kier molecular flexibility index (Phi) is 9.40. The molecule has 6 heteroatoms. The van der Waals surface area contributed by atoms with Crippen LogP contribution >= 0.6 is 0 Å². The molecule has 1 atom stereocenters. The fourth-order valence-electron chi connectivity index (χ4n) is 6.60. The number of hydrogen-bond acceptors (Lipinski definition) is 5. The third-order valence-electron chi connectivity index (χ3n) is 8.67. The van der Waals surface area contributed by atoms with Gasteiger partial charge in [0.25, 0.3) is 0 Å². The van der Waals surface area contributed by atoms with E-state index in [1.54, 1.807) is 6.92 Å². The van der Waals surface area contributed by atoms with Gasteiger partial charge in [0, 0.05) is 26.9 Å². The molecule has 0 aliphatic carbocycles. The van der Waals surface area contributed by atoms with E-state index in [1.165, 1.54) is 12.5 Å². The smallest absolute Gasteiger partial charge is 0.305 e. The van der Waals surface area contributed by atoms with Crippen molar-refractivity contribution in [2.24, 2.45) is 0 Å². The van der Waals surface area contributed by atoms with E-state index in [9.17, 15) is 9.59 Å². The molecule has 0 radical (unpaired) electrons. The van der Waals surface area contributed by atoms with Crippen LogP contribution in [0, 0.1) is 0 Å². The minimum atomic E-state index is -0.711. The van der Waals surface area contributed by atoms with Crippen molar-refractivity contribution in [3.63, 3.8) is 0 Å². The fourth-order valence-corrected chi connectivity index (χ4v) is 6.60. The number of para-hydroxylation sites is 1. The summed E-state index contributed by atoms with van der Waals surface area (Å²) in [6.07, 6.45) is 4.26. The average molecular weight is 555 g/mol. The van der Waals surface area contributed by atoms with E-state index in [2.05, 4.69) is 64.4 Å². The molecule has 2 heterocycles. The zero-order chi connectivity index (χ0) is 28.7. The van der Waals surface area contributed by atoms with Gasteiger partial charge in [-0.2, -0.15) is 0 Å². The van der Waals surface area contributed by atoms with Crippen molar-refractivity contribution in [2.75, 3.05) is 32.7 Å².